The maximum Gasteiger partial charge on any atom is 0.241 e. The van der Waals surface area contributed by atoms with Crippen molar-refractivity contribution in [3.63, 3.8) is 0 Å². The molecule has 0 fully saturated rings. The van der Waals surface area contributed by atoms with Crippen LogP contribution in [0.15, 0.2) is 48.7 Å². The van der Waals surface area contributed by atoms with E-state index in [0.29, 0.717) is 11.6 Å². The first kappa shape index (κ1) is 19.2. The average molecular weight is 508 g/mol. The minimum Gasteiger partial charge on any atom is -0.360 e. The van der Waals surface area contributed by atoms with Gasteiger partial charge in [-0.1, -0.05) is 37.0 Å². The Morgan fingerprint density at radius 1 is 1.04 bits per heavy atom. The molecule has 1 aromatic heterocycles. The van der Waals surface area contributed by atoms with Crippen molar-refractivity contribution in [2.24, 2.45) is 5.14 Å². The summed E-state index contributed by atoms with van der Waals surface area (Å²) in [4.78, 5) is -0.917. The minimum atomic E-state index is -4.39. The van der Waals surface area contributed by atoms with Crippen molar-refractivity contribution in [2.75, 3.05) is 0 Å². The molecule has 0 bridgehead atoms. The van der Waals surface area contributed by atoms with Crippen molar-refractivity contribution in [1.29, 1.82) is 0 Å². The monoisotopic (exact) mass is 506 g/mol. The summed E-state index contributed by atoms with van der Waals surface area (Å²) in [6.07, 6.45) is 0. The molecule has 136 valence electrons. The molecule has 3 rings (SSSR count). The van der Waals surface area contributed by atoms with Gasteiger partial charge in [0.05, 0.1) is 5.56 Å². The van der Waals surface area contributed by atoms with Gasteiger partial charge in [-0.25, -0.2) is 22.3 Å². The van der Waals surface area contributed by atoms with Crippen molar-refractivity contribution < 1.29 is 21.7 Å². The van der Waals surface area contributed by atoms with Crippen LogP contribution in [0.3, 0.4) is 0 Å². The molecule has 0 aliphatic rings. The molecule has 5 nitrogen and oxygen atoms in total. The lowest BCUT2D eigenvalue weighted by Gasteiger charge is -2.08. The van der Waals surface area contributed by atoms with Crippen LogP contribution < -0.4 is 5.14 Å². The number of hydrogen-bond acceptors (Lipinski definition) is 4. The van der Waals surface area contributed by atoms with Gasteiger partial charge in [0.25, 0.3) is 0 Å². The van der Waals surface area contributed by atoms with E-state index >= 15 is 0 Å². The molecule has 0 amide bonds. The number of aryl methyl sites for hydroxylation is 1. The number of hydrogen-bond donors (Lipinski definition) is 1. The van der Waals surface area contributed by atoms with Crippen molar-refractivity contribution in [3.8, 4) is 22.4 Å². The third-order valence-corrected chi connectivity index (χ3v) is 5.44. The van der Waals surface area contributed by atoms with Gasteiger partial charge in [-0.05, 0) is 37.3 Å². The Morgan fingerprint density at radius 2 is 1.65 bits per heavy atom. The first-order valence-corrected chi connectivity index (χ1v) is 10.2. The molecule has 3 aromatic rings. The zero-order valence-corrected chi connectivity index (χ0v) is 17.0. The third-order valence-electron chi connectivity index (χ3n) is 3.60. The molecule has 0 atom stereocenters. The van der Waals surface area contributed by atoms with Crippen LogP contribution in [0.4, 0.5) is 8.78 Å². The highest BCUT2D eigenvalue weighted by atomic mass is 79.9. The molecule has 0 aliphatic heterocycles. The summed E-state index contributed by atoms with van der Waals surface area (Å²) in [7, 11) is -4.39. The largest absolute Gasteiger partial charge is 0.360 e. The Kier molecular flexibility index (Phi) is 5.04. The maximum absolute atomic E-state index is 14.6. The van der Waals surface area contributed by atoms with Crippen LogP contribution in [0.1, 0.15) is 5.76 Å². The molecular formula is C16H10Br2F2N2O3S. The number of nitrogens with zero attached hydrogens (tertiary/aromatic N) is 1. The van der Waals surface area contributed by atoms with E-state index in [4.69, 9.17) is 9.66 Å². The van der Waals surface area contributed by atoms with Crippen LogP contribution in [0.25, 0.3) is 22.4 Å². The Hall–Kier alpha value is -1.62. The third kappa shape index (κ3) is 3.59. The summed E-state index contributed by atoms with van der Waals surface area (Å²) in [5, 5.41) is 8.84. The number of nitrogens with two attached hydrogens (primary N) is 1. The highest BCUT2D eigenvalue weighted by Crippen LogP contribution is 2.38. The molecule has 2 aromatic carbocycles. The molecule has 0 unspecified atom stereocenters. The molecule has 0 saturated heterocycles. The highest BCUT2D eigenvalue weighted by molar-refractivity contribution is 9.11. The Labute approximate surface area is 164 Å². The van der Waals surface area contributed by atoms with Crippen LogP contribution in [0.5, 0.6) is 0 Å². The predicted molar refractivity (Wildman–Crippen MR) is 98.8 cm³/mol. The number of sulfonamides is 1. The zero-order chi connectivity index (χ0) is 19.2. The van der Waals surface area contributed by atoms with Crippen molar-refractivity contribution >= 4 is 41.9 Å². The summed E-state index contributed by atoms with van der Waals surface area (Å²) >= 11 is 6.70. The van der Waals surface area contributed by atoms with E-state index in [2.05, 4.69) is 37.0 Å². The van der Waals surface area contributed by atoms with Gasteiger partial charge in [-0.2, -0.15) is 0 Å². The van der Waals surface area contributed by atoms with Gasteiger partial charge in [0.15, 0.2) is 0 Å². The summed E-state index contributed by atoms with van der Waals surface area (Å²) in [6.45, 7) is 1.55. The number of aromatic nitrogens is 1. The van der Waals surface area contributed by atoms with Crippen molar-refractivity contribution in [3.05, 3.63) is 56.7 Å². The second kappa shape index (κ2) is 6.84. The van der Waals surface area contributed by atoms with E-state index in [1.165, 1.54) is 0 Å². The zero-order valence-electron chi connectivity index (χ0n) is 13.1. The van der Waals surface area contributed by atoms with E-state index in [0.717, 1.165) is 15.0 Å². The normalized spacial score (nSPS) is 11.8. The van der Waals surface area contributed by atoms with E-state index < -0.39 is 26.6 Å². The molecular weight excluding hydrogens is 498 g/mol. The standard InChI is InChI=1S/C16H10Br2F2N2O3S/c1-7-15(11-5-13(20)14(6-12(11)19)26(21,23)24)16(22-25-7)8-2-9(17)4-10(18)3-8/h2-6H,1H3,(H2,21,23,24). The number of primary sulfonamides is 1. The molecule has 2 N–H and O–H groups in total. The predicted octanol–water partition coefficient (Wildman–Crippen LogP) is 4.77. The van der Waals surface area contributed by atoms with Crippen molar-refractivity contribution in [2.45, 2.75) is 11.8 Å². The first-order valence-electron chi connectivity index (χ1n) is 7.03. The fourth-order valence-electron chi connectivity index (χ4n) is 2.52. The lowest BCUT2D eigenvalue weighted by molar-refractivity contribution is 0.400. The smallest absolute Gasteiger partial charge is 0.241 e. The van der Waals surface area contributed by atoms with E-state index in [9.17, 15) is 17.2 Å². The SMILES string of the molecule is Cc1onc(-c2cc(Br)cc(Br)c2)c1-c1cc(F)c(S(N)(=O)=O)cc1F. The van der Waals surface area contributed by atoms with Crippen LogP contribution in [0, 0.1) is 18.6 Å². The minimum absolute atomic E-state index is 0.181. The molecule has 0 aliphatic carbocycles. The summed E-state index contributed by atoms with van der Waals surface area (Å²) in [5.41, 5.74) is 0.909. The molecule has 0 spiro atoms. The number of halogens is 4. The van der Waals surface area contributed by atoms with Crippen molar-refractivity contribution in [1.82, 2.24) is 5.16 Å². The topological polar surface area (TPSA) is 86.2 Å². The summed E-state index contributed by atoms with van der Waals surface area (Å²) in [6, 6.07) is 6.59. The van der Waals surface area contributed by atoms with Gasteiger partial charge >= 0.3 is 0 Å². The molecule has 0 radical (unpaired) electrons. The molecule has 10 heteroatoms. The molecule has 1 heterocycles. The van der Waals surface area contributed by atoms with Gasteiger partial charge in [0.2, 0.25) is 10.0 Å². The van der Waals surface area contributed by atoms with Crippen LogP contribution >= 0.6 is 31.9 Å². The molecule has 26 heavy (non-hydrogen) atoms. The Balaban J connectivity index is 2.26. The fraction of sp³-hybridized carbons (Fsp3) is 0.0625. The van der Waals surface area contributed by atoms with E-state index in [1.54, 1.807) is 25.1 Å². The van der Waals surface area contributed by atoms with Crippen LogP contribution in [-0.2, 0) is 10.0 Å². The van der Waals surface area contributed by atoms with Crippen LogP contribution in [-0.4, -0.2) is 13.6 Å². The number of benzene rings is 2. The molecule has 0 saturated carbocycles. The Morgan fingerprint density at radius 3 is 2.23 bits per heavy atom. The van der Waals surface area contributed by atoms with Gasteiger partial charge in [-0.3, -0.25) is 0 Å². The first-order chi connectivity index (χ1) is 12.1. The maximum atomic E-state index is 14.6. The lowest BCUT2D eigenvalue weighted by Crippen LogP contribution is -2.14. The summed E-state index contributed by atoms with van der Waals surface area (Å²) in [5.74, 6) is -1.87. The summed E-state index contributed by atoms with van der Waals surface area (Å²) < 4.78 is 58.2. The quantitative estimate of drug-likeness (QED) is 0.553. The van der Waals surface area contributed by atoms with E-state index in [-0.39, 0.29) is 22.6 Å². The lowest BCUT2D eigenvalue weighted by atomic mass is 9.99. The van der Waals surface area contributed by atoms with Gasteiger partial charge in [0, 0.05) is 20.1 Å². The van der Waals surface area contributed by atoms with Gasteiger partial charge in [-0.15, -0.1) is 0 Å². The fourth-order valence-corrected chi connectivity index (χ4v) is 4.41. The van der Waals surface area contributed by atoms with E-state index in [1.807, 2.05) is 0 Å². The van der Waals surface area contributed by atoms with Gasteiger partial charge < -0.3 is 4.52 Å². The Bertz CT molecular complexity index is 1110. The second-order valence-corrected chi connectivity index (χ2v) is 8.79. The average Bonchev–Trinajstić information content (AvgIpc) is 2.88. The number of rotatable bonds is 3. The second-order valence-electron chi connectivity index (χ2n) is 5.43. The van der Waals surface area contributed by atoms with Crippen LogP contribution in [0.2, 0.25) is 0 Å². The highest BCUT2D eigenvalue weighted by Gasteiger charge is 2.24. The van der Waals surface area contributed by atoms with Gasteiger partial charge in [0.1, 0.15) is 28.0 Å².